The molecule has 2 aliphatic rings. The van der Waals surface area contributed by atoms with Crippen LogP contribution >= 0.6 is 31.6 Å². The number of nitrogens with zero attached hydrogens (tertiary/aromatic N) is 1. The molecule has 0 spiro atoms. The van der Waals surface area contributed by atoms with Crippen molar-refractivity contribution in [3.63, 3.8) is 0 Å². The lowest BCUT2D eigenvalue weighted by molar-refractivity contribution is -0.134. The minimum absolute atomic E-state index is 0.178. The summed E-state index contributed by atoms with van der Waals surface area (Å²) >= 11 is 0. The van der Waals surface area contributed by atoms with Crippen LogP contribution in [0.1, 0.15) is 0 Å². The summed E-state index contributed by atoms with van der Waals surface area (Å²) in [5, 5.41) is 2.11. The van der Waals surface area contributed by atoms with Crippen molar-refractivity contribution < 1.29 is 9.59 Å². The Morgan fingerprint density at radius 1 is 1.55 bits per heavy atom. The molecule has 1 N–H and O–H groups in total. The molecule has 1 atom stereocenters. The normalized spacial score (nSPS) is 31.8. The van der Waals surface area contributed by atoms with E-state index in [0.717, 1.165) is 0 Å². The first-order valence-corrected chi connectivity index (χ1v) is 6.38. The van der Waals surface area contributed by atoms with E-state index in [1.165, 1.54) is 31.6 Å². The van der Waals surface area contributed by atoms with E-state index >= 15 is 0 Å². The van der Waals surface area contributed by atoms with Crippen LogP contribution in [0.3, 0.4) is 0 Å². The van der Waals surface area contributed by atoms with Crippen LogP contribution in [0.15, 0.2) is 0 Å². The largest absolute Gasteiger partial charge is 0.293 e. The molecule has 0 radical (unpaired) electrons. The standard InChI is InChI=1S/C4H4N2O2S3/c7-2-1-6-4(3(8)5-2)9-11-10-6/h4H,1H2,(H,5,7,8). The molecule has 2 fully saturated rings. The van der Waals surface area contributed by atoms with Gasteiger partial charge in [0.25, 0.3) is 5.91 Å². The van der Waals surface area contributed by atoms with Gasteiger partial charge >= 0.3 is 0 Å². The number of nitrogens with one attached hydrogen (secondary N) is 1. The number of amides is 2. The maximum atomic E-state index is 11.1. The molecule has 11 heavy (non-hydrogen) atoms. The maximum absolute atomic E-state index is 11.1. The third-order valence-corrected chi connectivity index (χ3v) is 5.55. The van der Waals surface area contributed by atoms with Crippen molar-refractivity contribution >= 4 is 43.4 Å². The first-order chi connectivity index (χ1) is 5.27. The third-order valence-electron chi connectivity index (χ3n) is 1.30. The lowest BCUT2D eigenvalue weighted by Crippen LogP contribution is -2.52. The Bertz CT molecular complexity index is 221. The van der Waals surface area contributed by atoms with Gasteiger partial charge in [-0.25, -0.2) is 4.31 Å². The van der Waals surface area contributed by atoms with Crippen LogP contribution in [0.5, 0.6) is 0 Å². The van der Waals surface area contributed by atoms with Crippen molar-refractivity contribution in [2.75, 3.05) is 6.54 Å². The highest BCUT2D eigenvalue weighted by Gasteiger charge is 2.39. The summed E-state index contributed by atoms with van der Waals surface area (Å²) in [6.07, 6.45) is 0. The zero-order valence-corrected chi connectivity index (χ0v) is 7.72. The van der Waals surface area contributed by atoms with Crippen LogP contribution in [0.25, 0.3) is 0 Å². The van der Waals surface area contributed by atoms with Gasteiger partial charge in [-0.3, -0.25) is 14.9 Å². The van der Waals surface area contributed by atoms with Gasteiger partial charge < -0.3 is 0 Å². The Balaban J connectivity index is 2.16. The summed E-state index contributed by atoms with van der Waals surface area (Å²) < 4.78 is 1.79. The third kappa shape index (κ3) is 1.37. The second-order valence-corrected chi connectivity index (χ2v) is 6.13. The first kappa shape index (κ1) is 7.78. The highest BCUT2D eigenvalue weighted by molar-refractivity contribution is 9.10. The van der Waals surface area contributed by atoms with Crippen molar-refractivity contribution in [2.45, 2.75) is 5.37 Å². The number of fused-ring (bicyclic) bond motifs is 1. The zero-order valence-electron chi connectivity index (χ0n) is 5.27. The number of imide groups is 1. The minimum atomic E-state index is -0.207. The summed E-state index contributed by atoms with van der Waals surface area (Å²) in [6.45, 7) is 0.321. The van der Waals surface area contributed by atoms with E-state index < -0.39 is 0 Å². The van der Waals surface area contributed by atoms with Crippen molar-refractivity contribution in [1.82, 2.24) is 9.62 Å². The molecule has 2 saturated heterocycles. The molecule has 1 unspecified atom stereocenters. The van der Waals surface area contributed by atoms with Crippen molar-refractivity contribution in [2.24, 2.45) is 0 Å². The number of rotatable bonds is 0. The lowest BCUT2D eigenvalue weighted by Gasteiger charge is -2.23. The second kappa shape index (κ2) is 2.89. The highest BCUT2D eigenvalue weighted by Crippen LogP contribution is 2.51. The Hall–Kier alpha value is 0.150. The van der Waals surface area contributed by atoms with Gasteiger partial charge in [0.2, 0.25) is 5.91 Å². The van der Waals surface area contributed by atoms with E-state index in [-0.39, 0.29) is 17.2 Å². The number of piperazine rings is 1. The van der Waals surface area contributed by atoms with E-state index in [1.807, 2.05) is 0 Å². The first-order valence-electron chi connectivity index (χ1n) is 2.88. The number of hydrogen-bond donors (Lipinski definition) is 1. The topological polar surface area (TPSA) is 49.4 Å². The lowest BCUT2D eigenvalue weighted by atomic mass is 10.4. The number of carbonyl (C=O) groups excluding carboxylic acids is 2. The van der Waals surface area contributed by atoms with Gasteiger partial charge in [0.1, 0.15) is 0 Å². The molecule has 0 aromatic carbocycles. The molecule has 7 heteroatoms. The molecule has 0 aromatic heterocycles. The summed E-state index contributed by atoms with van der Waals surface area (Å²) in [4.78, 5) is 21.9. The van der Waals surface area contributed by atoms with Crippen LogP contribution in [-0.2, 0) is 9.59 Å². The zero-order chi connectivity index (χ0) is 7.84. The molecule has 0 bridgehead atoms. The van der Waals surface area contributed by atoms with Crippen molar-refractivity contribution in [1.29, 1.82) is 0 Å². The van der Waals surface area contributed by atoms with Crippen LogP contribution < -0.4 is 5.32 Å². The van der Waals surface area contributed by atoms with Crippen molar-refractivity contribution in [3.8, 4) is 0 Å². The number of hydrogen-bond acceptors (Lipinski definition) is 6. The van der Waals surface area contributed by atoms with E-state index in [1.54, 1.807) is 4.31 Å². The Labute approximate surface area is 74.8 Å². The molecular formula is C4H4N2O2S3. The molecule has 0 aliphatic carbocycles. The molecule has 60 valence electrons. The molecule has 2 aliphatic heterocycles. The Morgan fingerprint density at radius 3 is 3.18 bits per heavy atom. The SMILES string of the molecule is O=C1CN2SSSC2C(=O)N1. The van der Waals surface area contributed by atoms with Gasteiger partial charge in [-0.1, -0.05) is 10.8 Å². The van der Waals surface area contributed by atoms with Crippen LogP contribution in [-0.4, -0.2) is 28.0 Å². The monoisotopic (exact) mass is 208 g/mol. The van der Waals surface area contributed by atoms with E-state index in [2.05, 4.69) is 5.32 Å². The van der Waals surface area contributed by atoms with E-state index in [0.29, 0.717) is 6.54 Å². The average Bonchev–Trinajstić information content (AvgIpc) is 2.34. The number of carbonyl (C=O) groups is 2. The van der Waals surface area contributed by atoms with Crippen molar-refractivity contribution in [3.05, 3.63) is 0 Å². The Morgan fingerprint density at radius 2 is 2.36 bits per heavy atom. The van der Waals surface area contributed by atoms with Crippen LogP contribution in [0, 0.1) is 0 Å². The van der Waals surface area contributed by atoms with E-state index in [4.69, 9.17) is 0 Å². The molecule has 0 aromatic rings. The summed E-state index contributed by atoms with van der Waals surface area (Å²) in [5.41, 5.74) is 0. The van der Waals surface area contributed by atoms with Crippen LogP contribution in [0.4, 0.5) is 0 Å². The minimum Gasteiger partial charge on any atom is -0.293 e. The van der Waals surface area contributed by atoms with Gasteiger partial charge in [0.05, 0.1) is 6.54 Å². The molecule has 2 heterocycles. The quantitative estimate of drug-likeness (QED) is 0.349. The van der Waals surface area contributed by atoms with Gasteiger partial charge in [0.15, 0.2) is 5.37 Å². The van der Waals surface area contributed by atoms with E-state index in [9.17, 15) is 9.59 Å². The summed E-state index contributed by atoms with van der Waals surface area (Å²) in [5.74, 6) is -0.398. The molecule has 0 saturated carbocycles. The molecule has 2 amide bonds. The van der Waals surface area contributed by atoms with Gasteiger partial charge in [-0.2, -0.15) is 0 Å². The van der Waals surface area contributed by atoms with Crippen LogP contribution in [0.2, 0.25) is 0 Å². The Kier molecular flexibility index (Phi) is 2.04. The van der Waals surface area contributed by atoms with Gasteiger partial charge in [-0.15, -0.1) is 0 Å². The fourth-order valence-electron chi connectivity index (χ4n) is 0.845. The fraction of sp³-hybridized carbons (Fsp3) is 0.500. The molecule has 2 rings (SSSR count). The fourth-order valence-corrected chi connectivity index (χ4v) is 5.52. The average molecular weight is 208 g/mol. The molecule has 4 nitrogen and oxygen atoms in total. The van der Waals surface area contributed by atoms with Gasteiger partial charge in [0, 0.05) is 11.0 Å². The van der Waals surface area contributed by atoms with Gasteiger partial charge in [-0.05, 0) is 9.83 Å². The highest BCUT2D eigenvalue weighted by atomic mass is 33.5. The molecular weight excluding hydrogens is 204 g/mol. The second-order valence-electron chi connectivity index (χ2n) is 2.08. The predicted octanol–water partition coefficient (Wildman–Crippen LogP) is 0.229. The maximum Gasteiger partial charge on any atom is 0.256 e. The smallest absolute Gasteiger partial charge is 0.256 e. The predicted molar refractivity (Wildman–Crippen MR) is 46.4 cm³/mol. The summed E-state index contributed by atoms with van der Waals surface area (Å²) in [7, 11) is 4.47. The summed E-state index contributed by atoms with van der Waals surface area (Å²) in [6, 6.07) is 0.